The summed E-state index contributed by atoms with van der Waals surface area (Å²) in [7, 11) is 0. The van der Waals surface area contributed by atoms with E-state index in [1.807, 2.05) is 30.3 Å². The normalized spacial score (nSPS) is 20.8. The maximum absolute atomic E-state index is 12.1. The van der Waals surface area contributed by atoms with Crippen molar-refractivity contribution in [2.24, 2.45) is 5.92 Å². The van der Waals surface area contributed by atoms with Gasteiger partial charge in [-0.15, -0.1) is 0 Å². The van der Waals surface area contributed by atoms with Crippen molar-refractivity contribution >= 4 is 5.91 Å². The molecule has 1 saturated heterocycles. The fourth-order valence-electron chi connectivity index (χ4n) is 2.45. The summed E-state index contributed by atoms with van der Waals surface area (Å²) in [5.41, 5.74) is 1.13. The molecule has 2 atom stereocenters. The van der Waals surface area contributed by atoms with E-state index in [1.165, 1.54) is 0 Å². The van der Waals surface area contributed by atoms with Gasteiger partial charge in [0.2, 0.25) is 5.91 Å². The number of piperidine rings is 1. The molecule has 0 aliphatic carbocycles. The van der Waals surface area contributed by atoms with Crippen LogP contribution in [0, 0.1) is 5.92 Å². The number of carbonyl (C=O) groups is 1. The SMILES string of the molecule is O=C(NC(CO)Cc1ccccc1)C1CCCNC1. The molecular weight excluding hydrogens is 240 g/mol. The number of aliphatic hydroxyl groups is 1. The van der Waals surface area contributed by atoms with Gasteiger partial charge in [-0.05, 0) is 31.4 Å². The molecule has 1 amide bonds. The molecule has 3 N–H and O–H groups in total. The third kappa shape index (κ3) is 4.33. The van der Waals surface area contributed by atoms with Crippen molar-refractivity contribution in [3.63, 3.8) is 0 Å². The summed E-state index contributed by atoms with van der Waals surface area (Å²) in [6.45, 7) is 1.72. The highest BCUT2D eigenvalue weighted by molar-refractivity contribution is 5.79. The Hall–Kier alpha value is -1.39. The molecule has 0 bridgehead atoms. The van der Waals surface area contributed by atoms with Gasteiger partial charge in [0.25, 0.3) is 0 Å². The van der Waals surface area contributed by atoms with Crippen LogP contribution in [0.3, 0.4) is 0 Å². The maximum atomic E-state index is 12.1. The van der Waals surface area contributed by atoms with Crippen LogP contribution < -0.4 is 10.6 Å². The van der Waals surface area contributed by atoms with Crippen LogP contribution >= 0.6 is 0 Å². The van der Waals surface area contributed by atoms with Gasteiger partial charge in [-0.1, -0.05) is 30.3 Å². The minimum absolute atomic E-state index is 0.0270. The average molecular weight is 262 g/mol. The first-order chi connectivity index (χ1) is 9.29. The molecule has 4 heteroatoms. The monoisotopic (exact) mass is 262 g/mol. The third-order valence-corrected chi connectivity index (χ3v) is 3.56. The lowest BCUT2D eigenvalue weighted by Gasteiger charge is -2.24. The second-order valence-corrected chi connectivity index (χ2v) is 5.12. The van der Waals surface area contributed by atoms with Crippen molar-refractivity contribution < 1.29 is 9.90 Å². The van der Waals surface area contributed by atoms with Gasteiger partial charge in [-0.3, -0.25) is 4.79 Å². The van der Waals surface area contributed by atoms with E-state index in [2.05, 4.69) is 10.6 Å². The Balaban J connectivity index is 1.86. The third-order valence-electron chi connectivity index (χ3n) is 3.56. The second-order valence-electron chi connectivity index (χ2n) is 5.12. The van der Waals surface area contributed by atoms with Gasteiger partial charge in [0.05, 0.1) is 18.6 Å². The quantitative estimate of drug-likeness (QED) is 0.732. The fourth-order valence-corrected chi connectivity index (χ4v) is 2.45. The summed E-state index contributed by atoms with van der Waals surface area (Å²) in [6.07, 6.45) is 2.64. The van der Waals surface area contributed by atoms with Gasteiger partial charge in [0.15, 0.2) is 0 Å². The fraction of sp³-hybridized carbons (Fsp3) is 0.533. The predicted molar refractivity (Wildman–Crippen MR) is 74.8 cm³/mol. The molecule has 104 valence electrons. The highest BCUT2D eigenvalue weighted by Crippen LogP contribution is 2.11. The molecule has 4 nitrogen and oxygen atoms in total. The van der Waals surface area contributed by atoms with Gasteiger partial charge < -0.3 is 15.7 Å². The van der Waals surface area contributed by atoms with Crippen molar-refractivity contribution in [2.45, 2.75) is 25.3 Å². The Morgan fingerprint density at radius 2 is 2.21 bits per heavy atom. The van der Waals surface area contributed by atoms with Crippen LogP contribution in [0.15, 0.2) is 30.3 Å². The Bertz CT molecular complexity index is 388. The van der Waals surface area contributed by atoms with Crippen LogP contribution in [0.2, 0.25) is 0 Å². The lowest BCUT2D eigenvalue weighted by molar-refractivity contribution is -0.126. The maximum Gasteiger partial charge on any atom is 0.224 e. The highest BCUT2D eigenvalue weighted by Gasteiger charge is 2.22. The van der Waals surface area contributed by atoms with Crippen molar-refractivity contribution in [1.29, 1.82) is 0 Å². The molecule has 0 saturated carbocycles. The van der Waals surface area contributed by atoms with Gasteiger partial charge in [0.1, 0.15) is 0 Å². The zero-order valence-corrected chi connectivity index (χ0v) is 11.1. The molecule has 0 aromatic heterocycles. The van der Waals surface area contributed by atoms with E-state index in [4.69, 9.17) is 0 Å². The number of amides is 1. The van der Waals surface area contributed by atoms with Crippen LogP contribution in [0.25, 0.3) is 0 Å². The number of carbonyl (C=O) groups excluding carboxylic acids is 1. The van der Waals surface area contributed by atoms with E-state index < -0.39 is 0 Å². The first-order valence-electron chi connectivity index (χ1n) is 6.95. The summed E-state index contributed by atoms with van der Waals surface area (Å²) < 4.78 is 0. The lowest BCUT2D eigenvalue weighted by atomic mass is 9.98. The van der Waals surface area contributed by atoms with E-state index >= 15 is 0 Å². The molecule has 1 heterocycles. The molecule has 0 radical (unpaired) electrons. The Kier molecular flexibility index (Phi) is 5.36. The molecule has 1 aliphatic rings. The number of rotatable bonds is 5. The number of nitrogens with one attached hydrogen (secondary N) is 2. The Morgan fingerprint density at radius 1 is 1.42 bits per heavy atom. The average Bonchev–Trinajstić information content (AvgIpc) is 2.48. The minimum atomic E-state index is -0.197. The molecule has 2 unspecified atom stereocenters. The second kappa shape index (κ2) is 7.26. The molecular formula is C15H22N2O2. The largest absolute Gasteiger partial charge is 0.394 e. The minimum Gasteiger partial charge on any atom is -0.394 e. The van der Waals surface area contributed by atoms with Crippen molar-refractivity contribution in [1.82, 2.24) is 10.6 Å². The number of aliphatic hydroxyl groups excluding tert-OH is 1. The van der Waals surface area contributed by atoms with E-state index in [1.54, 1.807) is 0 Å². The molecule has 1 aromatic rings. The van der Waals surface area contributed by atoms with Gasteiger partial charge in [-0.2, -0.15) is 0 Å². The Morgan fingerprint density at radius 3 is 2.84 bits per heavy atom. The highest BCUT2D eigenvalue weighted by atomic mass is 16.3. The van der Waals surface area contributed by atoms with Crippen molar-refractivity contribution in [3.05, 3.63) is 35.9 Å². The zero-order chi connectivity index (χ0) is 13.5. The summed E-state index contributed by atoms with van der Waals surface area (Å²) in [5.74, 6) is 0.0979. The topological polar surface area (TPSA) is 61.4 Å². The van der Waals surface area contributed by atoms with Gasteiger partial charge in [0, 0.05) is 6.54 Å². The summed E-state index contributed by atoms with van der Waals surface area (Å²) >= 11 is 0. The summed E-state index contributed by atoms with van der Waals surface area (Å²) in [6, 6.07) is 9.72. The molecule has 1 fully saturated rings. The van der Waals surface area contributed by atoms with Crippen LogP contribution in [-0.4, -0.2) is 36.8 Å². The van der Waals surface area contributed by atoms with E-state index in [9.17, 15) is 9.90 Å². The summed E-state index contributed by atoms with van der Waals surface area (Å²) in [4.78, 5) is 12.1. The van der Waals surface area contributed by atoms with E-state index in [-0.39, 0.29) is 24.5 Å². The van der Waals surface area contributed by atoms with E-state index in [0.717, 1.165) is 31.5 Å². The van der Waals surface area contributed by atoms with E-state index in [0.29, 0.717) is 6.42 Å². The first-order valence-corrected chi connectivity index (χ1v) is 6.95. The summed E-state index contributed by atoms with van der Waals surface area (Å²) in [5, 5.41) is 15.6. The zero-order valence-electron chi connectivity index (χ0n) is 11.1. The predicted octanol–water partition coefficient (Wildman–Crippen LogP) is 0.706. The van der Waals surface area contributed by atoms with Crippen LogP contribution in [0.5, 0.6) is 0 Å². The first kappa shape index (κ1) is 14.0. The van der Waals surface area contributed by atoms with Crippen molar-refractivity contribution in [3.8, 4) is 0 Å². The number of hydrogen-bond donors (Lipinski definition) is 3. The molecule has 19 heavy (non-hydrogen) atoms. The van der Waals surface area contributed by atoms with Crippen molar-refractivity contribution in [2.75, 3.05) is 19.7 Å². The van der Waals surface area contributed by atoms with Gasteiger partial charge >= 0.3 is 0 Å². The molecule has 0 spiro atoms. The Labute approximate surface area is 114 Å². The van der Waals surface area contributed by atoms with Gasteiger partial charge in [-0.25, -0.2) is 0 Å². The van der Waals surface area contributed by atoms with Crippen LogP contribution in [0.4, 0.5) is 0 Å². The lowest BCUT2D eigenvalue weighted by Crippen LogP contribution is -2.46. The standard InChI is InChI=1S/C15H22N2O2/c18-11-14(9-12-5-2-1-3-6-12)17-15(19)13-7-4-8-16-10-13/h1-3,5-6,13-14,16,18H,4,7-11H2,(H,17,19). The molecule has 1 aromatic carbocycles. The molecule has 2 rings (SSSR count). The number of benzene rings is 1. The smallest absolute Gasteiger partial charge is 0.224 e. The van der Waals surface area contributed by atoms with Crippen LogP contribution in [-0.2, 0) is 11.2 Å². The number of hydrogen-bond acceptors (Lipinski definition) is 3. The molecule has 1 aliphatic heterocycles. The van der Waals surface area contributed by atoms with Crippen LogP contribution in [0.1, 0.15) is 18.4 Å².